The van der Waals surface area contributed by atoms with Crippen LogP contribution in [-0.4, -0.2) is 51.0 Å². The van der Waals surface area contributed by atoms with Crippen LogP contribution in [0, 0.1) is 0 Å². The maximum absolute atomic E-state index is 9.04. The molecule has 1 unspecified atom stereocenters. The molecule has 0 spiro atoms. The van der Waals surface area contributed by atoms with Gasteiger partial charge in [0.25, 0.3) is 0 Å². The van der Waals surface area contributed by atoms with Gasteiger partial charge in [0.2, 0.25) is 0 Å². The lowest BCUT2D eigenvalue weighted by molar-refractivity contribution is -0.137. The first-order valence-corrected chi connectivity index (χ1v) is 4.46. The molecule has 80 valence electrons. The summed E-state index contributed by atoms with van der Waals surface area (Å²) >= 11 is 0. The van der Waals surface area contributed by atoms with Crippen molar-refractivity contribution in [2.75, 3.05) is 39.6 Å². The van der Waals surface area contributed by atoms with Gasteiger partial charge in [0, 0.05) is 13.2 Å². The number of nitrogens with two attached hydrogens (primary N) is 1. The second-order valence-corrected chi connectivity index (χ2v) is 2.39. The van der Waals surface area contributed by atoms with E-state index in [2.05, 4.69) is 0 Å². The summed E-state index contributed by atoms with van der Waals surface area (Å²) in [6.07, 6.45) is -0.834. The Labute approximate surface area is 78.8 Å². The molecule has 0 aromatic heterocycles. The highest BCUT2D eigenvalue weighted by Gasteiger charge is 2.01. The molecular formula is C8H19NO4. The molecule has 0 radical (unpaired) electrons. The molecule has 0 heterocycles. The van der Waals surface area contributed by atoms with Gasteiger partial charge in [0.05, 0.1) is 26.4 Å². The van der Waals surface area contributed by atoms with Gasteiger partial charge < -0.3 is 25.1 Å². The van der Waals surface area contributed by atoms with Crippen molar-refractivity contribution < 1.29 is 19.3 Å². The molecule has 5 nitrogen and oxygen atoms in total. The molecule has 5 heteroatoms. The zero-order chi connectivity index (χ0) is 9.94. The van der Waals surface area contributed by atoms with Gasteiger partial charge in [0.15, 0.2) is 6.29 Å². The average Bonchev–Trinajstić information content (AvgIpc) is 2.11. The highest BCUT2D eigenvalue weighted by molar-refractivity contribution is 4.38. The fraction of sp³-hybridized carbons (Fsp3) is 1.00. The van der Waals surface area contributed by atoms with Crippen LogP contribution < -0.4 is 5.73 Å². The van der Waals surface area contributed by atoms with Crippen LogP contribution in [0.15, 0.2) is 0 Å². The van der Waals surface area contributed by atoms with E-state index < -0.39 is 6.29 Å². The fourth-order valence-corrected chi connectivity index (χ4v) is 0.728. The van der Waals surface area contributed by atoms with E-state index in [-0.39, 0.29) is 6.61 Å². The molecule has 0 bridgehead atoms. The van der Waals surface area contributed by atoms with Crippen LogP contribution >= 0.6 is 0 Å². The largest absolute Gasteiger partial charge is 0.378 e. The van der Waals surface area contributed by atoms with Crippen LogP contribution in [0.5, 0.6) is 0 Å². The monoisotopic (exact) mass is 193 g/mol. The molecule has 13 heavy (non-hydrogen) atoms. The van der Waals surface area contributed by atoms with Crippen LogP contribution in [0.2, 0.25) is 0 Å². The van der Waals surface area contributed by atoms with E-state index in [0.29, 0.717) is 33.0 Å². The zero-order valence-electron chi connectivity index (χ0n) is 8.07. The molecule has 3 N–H and O–H groups in total. The van der Waals surface area contributed by atoms with Gasteiger partial charge in [0.1, 0.15) is 0 Å². The first-order valence-electron chi connectivity index (χ1n) is 4.46. The quantitative estimate of drug-likeness (QED) is 0.375. The number of ether oxygens (including phenoxy) is 3. The van der Waals surface area contributed by atoms with E-state index in [0.717, 1.165) is 0 Å². The van der Waals surface area contributed by atoms with E-state index in [1.165, 1.54) is 0 Å². The summed E-state index contributed by atoms with van der Waals surface area (Å²) in [7, 11) is 0. The molecule has 0 aliphatic carbocycles. The summed E-state index contributed by atoms with van der Waals surface area (Å²) in [6.45, 7) is 4.47. The summed E-state index contributed by atoms with van der Waals surface area (Å²) in [5, 5.41) is 9.04. The van der Waals surface area contributed by atoms with Crippen LogP contribution in [0.3, 0.4) is 0 Å². The predicted octanol–water partition coefficient (Wildman–Crippen LogP) is -0.667. The standard InChI is InChI=1S/C8H19NO4/c1-2-13-8(10)7-12-6-5-11-4-3-9/h8,10H,2-7,9H2,1H3. The number of hydrogen-bond donors (Lipinski definition) is 2. The van der Waals surface area contributed by atoms with Gasteiger partial charge in [-0.15, -0.1) is 0 Å². The second-order valence-electron chi connectivity index (χ2n) is 2.39. The molecule has 0 aliphatic heterocycles. The van der Waals surface area contributed by atoms with E-state index in [9.17, 15) is 0 Å². The summed E-state index contributed by atoms with van der Waals surface area (Å²) in [5.41, 5.74) is 5.21. The Kier molecular flexibility index (Phi) is 9.73. The third-order valence-corrected chi connectivity index (χ3v) is 1.25. The normalized spacial score (nSPS) is 13.2. The van der Waals surface area contributed by atoms with Crippen LogP contribution in [0.25, 0.3) is 0 Å². The lowest BCUT2D eigenvalue weighted by Crippen LogP contribution is -2.21. The van der Waals surface area contributed by atoms with Crippen molar-refractivity contribution in [3.8, 4) is 0 Å². The number of aliphatic hydroxyl groups excluding tert-OH is 1. The van der Waals surface area contributed by atoms with Gasteiger partial charge in [-0.05, 0) is 6.92 Å². The van der Waals surface area contributed by atoms with Crippen molar-refractivity contribution in [2.24, 2.45) is 5.73 Å². The molecule has 0 saturated heterocycles. The first kappa shape index (κ1) is 12.8. The summed E-state index contributed by atoms with van der Waals surface area (Å²) < 4.78 is 14.9. The minimum absolute atomic E-state index is 0.180. The first-order chi connectivity index (χ1) is 6.31. The topological polar surface area (TPSA) is 73.9 Å². The highest BCUT2D eigenvalue weighted by atomic mass is 16.6. The SMILES string of the molecule is CCOC(O)COCCOCCN. The van der Waals surface area contributed by atoms with Crippen molar-refractivity contribution in [3.63, 3.8) is 0 Å². The Morgan fingerprint density at radius 3 is 2.54 bits per heavy atom. The van der Waals surface area contributed by atoms with Gasteiger partial charge in [-0.1, -0.05) is 0 Å². The number of hydrogen-bond acceptors (Lipinski definition) is 5. The molecule has 0 aliphatic rings. The molecule has 0 saturated carbocycles. The maximum atomic E-state index is 9.04. The van der Waals surface area contributed by atoms with Crippen LogP contribution in [0.1, 0.15) is 6.92 Å². The third kappa shape index (κ3) is 9.72. The minimum Gasteiger partial charge on any atom is -0.378 e. The molecular weight excluding hydrogens is 174 g/mol. The molecule has 0 rings (SSSR count). The summed E-state index contributed by atoms with van der Waals surface area (Å²) in [4.78, 5) is 0. The molecule has 0 fully saturated rings. The van der Waals surface area contributed by atoms with Crippen molar-refractivity contribution in [1.82, 2.24) is 0 Å². The molecule has 1 atom stereocenters. The lowest BCUT2D eigenvalue weighted by Gasteiger charge is -2.10. The molecule has 0 amide bonds. The molecule has 0 aromatic carbocycles. The van der Waals surface area contributed by atoms with Crippen molar-refractivity contribution in [1.29, 1.82) is 0 Å². The van der Waals surface area contributed by atoms with E-state index in [1.54, 1.807) is 0 Å². The van der Waals surface area contributed by atoms with E-state index >= 15 is 0 Å². The Bertz CT molecular complexity index is 102. The van der Waals surface area contributed by atoms with E-state index in [4.69, 9.17) is 25.1 Å². The van der Waals surface area contributed by atoms with Crippen LogP contribution in [-0.2, 0) is 14.2 Å². The minimum atomic E-state index is -0.834. The Balaban J connectivity index is 2.97. The third-order valence-electron chi connectivity index (χ3n) is 1.25. The fourth-order valence-electron chi connectivity index (χ4n) is 0.728. The van der Waals surface area contributed by atoms with E-state index in [1.807, 2.05) is 6.92 Å². The second kappa shape index (κ2) is 9.88. The Hall–Kier alpha value is -0.200. The average molecular weight is 193 g/mol. The Morgan fingerprint density at radius 1 is 1.23 bits per heavy atom. The van der Waals surface area contributed by atoms with Crippen molar-refractivity contribution in [3.05, 3.63) is 0 Å². The van der Waals surface area contributed by atoms with Crippen LogP contribution in [0.4, 0.5) is 0 Å². The Morgan fingerprint density at radius 2 is 1.92 bits per heavy atom. The van der Waals surface area contributed by atoms with Crippen molar-refractivity contribution >= 4 is 0 Å². The zero-order valence-corrected chi connectivity index (χ0v) is 8.07. The smallest absolute Gasteiger partial charge is 0.178 e. The summed E-state index contributed by atoms with van der Waals surface area (Å²) in [5.74, 6) is 0. The maximum Gasteiger partial charge on any atom is 0.178 e. The lowest BCUT2D eigenvalue weighted by atomic mass is 10.6. The van der Waals surface area contributed by atoms with Crippen molar-refractivity contribution in [2.45, 2.75) is 13.2 Å². The number of rotatable bonds is 9. The highest BCUT2D eigenvalue weighted by Crippen LogP contribution is 1.88. The van der Waals surface area contributed by atoms with Gasteiger partial charge in [-0.25, -0.2) is 0 Å². The summed E-state index contributed by atoms with van der Waals surface area (Å²) in [6, 6.07) is 0. The van der Waals surface area contributed by atoms with Gasteiger partial charge in [-0.3, -0.25) is 0 Å². The number of aliphatic hydroxyl groups is 1. The predicted molar refractivity (Wildman–Crippen MR) is 48.3 cm³/mol. The van der Waals surface area contributed by atoms with Gasteiger partial charge >= 0.3 is 0 Å². The molecule has 0 aromatic rings. The van der Waals surface area contributed by atoms with Gasteiger partial charge in [-0.2, -0.15) is 0 Å².